The van der Waals surface area contributed by atoms with E-state index in [0.29, 0.717) is 4.90 Å². The fraction of sp³-hybridized carbons (Fsp3) is 0.818. The summed E-state index contributed by atoms with van der Waals surface area (Å²) in [7, 11) is 1.54. The lowest BCUT2D eigenvalue weighted by Crippen LogP contribution is -2.54. The zero-order valence-corrected chi connectivity index (χ0v) is 11.5. The molecule has 20 heavy (non-hydrogen) atoms. The minimum Gasteiger partial charge on any atom is -0.341 e. The quantitative estimate of drug-likeness (QED) is 0.737. The average molecular weight is 314 g/mol. The van der Waals surface area contributed by atoms with Gasteiger partial charge in [0, 0.05) is 18.8 Å². The number of carbonyl (C=O) groups is 2. The summed E-state index contributed by atoms with van der Waals surface area (Å²) < 4.78 is 50.7. The highest BCUT2D eigenvalue weighted by Gasteiger charge is 2.54. The molecule has 1 saturated heterocycles. The van der Waals surface area contributed by atoms with Gasteiger partial charge in [-0.1, -0.05) is 0 Å². The van der Waals surface area contributed by atoms with E-state index < -0.39 is 30.2 Å². The Kier molecular flexibility index (Phi) is 4.17. The molecule has 1 heterocycles. The van der Waals surface area contributed by atoms with Crippen LogP contribution in [0.15, 0.2) is 0 Å². The van der Waals surface area contributed by atoms with E-state index in [2.05, 4.69) is 0 Å². The second kappa shape index (κ2) is 5.42. The molecule has 1 atom stereocenters. The number of thioether (sulfide) groups is 1. The number of likely N-dealkylation sites (N-methyl/N-ethyl adjacent to an activating group) is 1. The number of hydrogen-bond donors (Lipinski definition) is 0. The highest BCUT2D eigenvalue weighted by Crippen LogP contribution is 2.33. The van der Waals surface area contributed by atoms with Crippen molar-refractivity contribution in [1.82, 2.24) is 9.80 Å². The van der Waals surface area contributed by atoms with Crippen LogP contribution in [0.4, 0.5) is 17.6 Å². The molecule has 0 N–H and O–H groups in total. The maximum absolute atomic E-state index is 13.1. The third-order valence-corrected chi connectivity index (χ3v) is 4.44. The lowest BCUT2D eigenvalue weighted by Gasteiger charge is -2.29. The summed E-state index contributed by atoms with van der Waals surface area (Å²) in [4.78, 5) is 25.6. The van der Waals surface area contributed by atoms with E-state index in [1.54, 1.807) is 0 Å². The van der Waals surface area contributed by atoms with Gasteiger partial charge in [-0.15, -0.1) is 11.8 Å². The second-order valence-corrected chi connectivity index (χ2v) is 5.89. The van der Waals surface area contributed by atoms with Gasteiger partial charge < -0.3 is 9.80 Å². The summed E-state index contributed by atoms with van der Waals surface area (Å²) in [5.74, 6) is -7.20. The van der Waals surface area contributed by atoms with E-state index in [1.807, 2.05) is 0 Å². The van der Waals surface area contributed by atoms with Gasteiger partial charge in [-0.05, 0) is 12.8 Å². The predicted molar refractivity (Wildman–Crippen MR) is 64.7 cm³/mol. The fourth-order valence-corrected chi connectivity index (χ4v) is 3.15. The molecule has 0 unspecified atom stereocenters. The van der Waals surface area contributed by atoms with Crippen LogP contribution in [-0.2, 0) is 9.59 Å². The molecule has 0 aromatic carbocycles. The van der Waals surface area contributed by atoms with Crippen molar-refractivity contribution in [1.29, 1.82) is 0 Å². The first kappa shape index (κ1) is 15.4. The van der Waals surface area contributed by atoms with Gasteiger partial charge in [0.1, 0.15) is 6.04 Å². The van der Waals surface area contributed by atoms with Crippen molar-refractivity contribution in [2.24, 2.45) is 0 Å². The molecule has 2 fully saturated rings. The maximum atomic E-state index is 13.1. The maximum Gasteiger partial charge on any atom is 0.383 e. The van der Waals surface area contributed by atoms with Gasteiger partial charge in [-0.3, -0.25) is 9.59 Å². The molecule has 1 aliphatic heterocycles. The standard InChI is InChI=1S/C11H14F4N2O2S/c1-16(6-2-3-6)8(18)7-4-20-5-17(7)10(19)11(14,15)9(12)13/h6-7,9H,2-5H2,1H3/t7-/m0/s1. The number of amides is 2. The summed E-state index contributed by atoms with van der Waals surface area (Å²) in [6.45, 7) is 0. The first-order chi connectivity index (χ1) is 9.26. The van der Waals surface area contributed by atoms with Crippen LogP contribution in [-0.4, -0.2) is 64.7 Å². The van der Waals surface area contributed by atoms with Crippen molar-refractivity contribution < 1.29 is 27.2 Å². The van der Waals surface area contributed by atoms with E-state index in [9.17, 15) is 27.2 Å². The number of nitrogens with zero attached hydrogens (tertiary/aromatic N) is 2. The molecular weight excluding hydrogens is 300 g/mol. The van der Waals surface area contributed by atoms with Gasteiger partial charge in [0.05, 0.1) is 5.88 Å². The smallest absolute Gasteiger partial charge is 0.341 e. The number of carbonyl (C=O) groups excluding carboxylic acids is 2. The van der Waals surface area contributed by atoms with Crippen LogP contribution in [0.2, 0.25) is 0 Å². The Morgan fingerprint density at radius 1 is 1.35 bits per heavy atom. The molecule has 1 aliphatic carbocycles. The Labute approximate surface area is 117 Å². The van der Waals surface area contributed by atoms with E-state index in [0.717, 1.165) is 24.6 Å². The third kappa shape index (κ3) is 2.72. The lowest BCUT2D eigenvalue weighted by molar-refractivity contribution is -0.182. The van der Waals surface area contributed by atoms with Crippen LogP contribution in [0.3, 0.4) is 0 Å². The van der Waals surface area contributed by atoms with Crippen LogP contribution >= 0.6 is 11.8 Å². The van der Waals surface area contributed by atoms with E-state index >= 15 is 0 Å². The minimum absolute atomic E-state index is 0.0701. The van der Waals surface area contributed by atoms with Crippen LogP contribution < -0.4 is 0 Å². The van der Waals surface area contributed by atoms with Crippen molar-refractivity contribution in [3.05, 3.63) is 0 Å². The number of hydrogen-bond acceptors (Lipinski definition) is 3. The van der Waals surface area contributed by atoms with Gasteiger partial charge >= 0.3 is 18.3 Å². The Morgan fingerprint density at radius 2 is 1.95 bits per heavy atom. The molecule has 9 heteroatoms. The lowest BCUT2D eigenvalue weighted by atomic mass is 10.2. The van der Waals surface area contributed by atoms with Crippen LogP contribution in [0.25, 0.3) is 0 Å². The first-order valence-electron chi connectivity index (χ1n) is 6.08. The topological polar surface area (TPSA) is 40.6 Å². The fourth-order valence-electron chi connectivity index (χ4n) is 2.01. The van der Waals surface area contributed by atoms with Crippen molar-refractivity contribution in [3.63, 3.8) is 0 Å². The Bertz CT molecular complexity index is 417. The highest BCUT2D eigenvalue weighted by molar-refractivity contribution is 7.99. The van der Waals surface area contributed by atoms with E-state index in [1.165, 1.54) is 11.9 Å². The molecular formula is C11H14F4N2O2S. The molecule has 2 aliphatic rings. The highest BCUT2D eigenvalue weighted by atomic mass is 32.2. The average Bonchev–Trinajstić information content (AvgIpc) is 3.13. The van der Waals surface area contributed by atoms with Gasteiger partial charge in [0.15, 0.2) is 0 Å². The van der Waals surface area contributed by atoms with Crippen molar-refractivity contribution in [2.75, 3.05) is 18.7 Å². The van der Waals surface area contributed by atoms with Gasteiger partial charge in [-0.2, -0.15) is 8.78 Å². The molecule has 0 bridgehead atoms. The summed E-state index contributed by atoms with van der Waals surface area (Å²) in [5.41, 5.74) is 0. The van der Waals surface area contributed by atoms with Crippen LogP contribution in [0.1, 0.15) is 12.8 Å². The molecule has 114 valence electrons. The van der Waals surface area contributed by atoms with E-state index in [-0.39, 0.29) is 17.7 Å². The monoisotopic (exact) mass is 314 g/mol. The van der Waals surface area contributed by atoms with Crippen LogP contribution in [0.5, 0.6) is 0 Å². The Balaban J connectivity index is 2.10. The molecule has 2 rings (SSSR count). The Morgan fingerprint density at radius 3 is 2.45 bits per heavy atom. The zero-order valence-electron chi connectivity index (χ0n) is 10.7. The molecule has 0 radical (unpaired) electrons. The normalized spacial score (nSPS) is 23.3. The number of rotatable bonds is 4. The predicted octanol–water partition coefficient (Wildman–Crippen LogP) is 1.41. The third-order valence-electron chi connectivity index (χ3n) is 3.43. The van der Waals surface area contributed by atoms with Gasteiger partial charge in [0.2, 0.25) is 5.91 Å². The van der Waals surface area contributed by atoms with Crippen LogP contribution in [0, 0.1) is 0 Å². The molecule has 0 spiro atoms. The molecule has 0 aromatic rings. The zero-order chi connectivity index (χ0) is 15.1. The number of alkyl halides is 4. The van der Waals surface area contributed by atoms with Crippen molar-refractivity contribution in [3.8, 4) is 0 Å². The molecule has 4 nitrogen and oxygen atoms in total. The largest absolute Gasteiger partial charge is 0.383 e. The van der Waals surface area contributed by atoms with Crippen molar-refractivity contribution >= 4 is 23.6 Å². The summed E-state index contributed by atoms with van der Waals surface area (Å²) in [6, 6.07) is -1.01. The van der Waals surface area contributed by atoms with E-state index in [4.69, 9.17) is 0 Å². The number of halogens is 4. The molecule has 2 amide bonds. The SMILES string of the molecule is CN(C(=O)[C@@H]1CSCN1C(=O)C(F)(F)C(F)F)C1CC1. The van der Waals surface area contributed by atoms with Gasteiger partial charge in [0.25, 0.3) is 0 Å². The Hall–Kier alpha value is -0.990. The molecule has 1 saturated carbocycles. The first-order valence-corrected chi connectivity index (χ1v) is 7.23. The molecule has 0 aromatic heterocycles. The van der Waals surface area contributed by atoms with Gasteiger partial charge in [-0.25, -0.2) is 8.78 Å². The summed E-state index contributed by atoms with van der Waals surface area (Å²) in [5, 5.41) is 0. The summed E-state index contributed by atoms with van der Waals surface area (Å²) >= 11 is 1.10. The van der Waals surface area contributed by atoms with Crippen molar-refractivity contribution in [2.45, 2.75) is 37.3 Å². The minimum atomic E-state index is -4.75. The summed E-state index contributed by atoms with van der Waals surface area (Å²) in [6.07, 6.45) is -2.40. The second-order valence-electron chi connectivity index (χ2n) is 4.89.